The van der Waals surface area contributed by atoms with E-state index in [1.807, 2.05) is 25.3 Å². The molecule has 1 atom stereocenters. The summed E-state index contributed by atoms with van der Waals surface area (Å²) in [7, 11) is 0. The van der Waals surface area contributed by atoms with E-state index in [0.717, 1.165) is 24.5 Å². The minimum Gasteiger partial charge on any atom is -0.462 e. The molecule has 0 aliphatic heterocycles. The highest BCUT2D eigenvalue weighted by Gasteiger charge is 2.28. The Labute approximate surface area is 313 Å². The van der Waals surface area contributed by atoms with Gasteiger partial charge < -0.3 is 9.47 Å². The second-order valence-electron chi connectivity index (χ2n) is 14.6. The molecule has 0 saturated heterocycles. The Balaban J connectivity index is 2.03. The topological polar surface area (TPSA) is 52.6 Å². The van der Waals surface area contributed by atoms with E-state index < -0.39 is 34.7 Å². The van der Waals surface area contributed by atoms with Gasteiger partial charge in [-0.1, -0.05) is 169 Å². The van der Waals surface area contributed by atoms with Crippen molar-refractivity contribution in [2.75, 3.05) is 6.61 Å². The lowest BCUT2D eigenvalue weighted by Crippen LogP contribution is -2.19. The molecule has 0 N–H and O–H groups in total. The predicted octanol–water partition coefficient (Wildman–Crippen LogP) is 14.5. The molecule has 4 nitrogen and oxygen atoms in total. The van der Waals surface area contributed by atoms with Crippen molar-refractivity contribution >= 4 is 23.3 Å². The van der Waals surface area contributed by atoms with Gasteiger partial charge in [0.1, 0.15) is 17.2 Å². The molecular weight excluding hydrogens is 663 g/mol. The fourth-order valence-electron chi connectivity index (χ4n) is 6.85. The van der Waals surface area contributed by atoms with Crippen LogP contribution in [0.5, 0.6) is 5.06 Å². The molecule has 1 heterocycles. The van der Waals surface area contributed by atoms with Gasteiger partial charge in [0.2, 0.25) is 0 Å². The normalized spacial score (nSPS) is 12.0. The van der Waals surface area contributed by atoms with Crippen LogP contribution in [-0.2, 0) is 17.6 Å². The Morgan fingerprint density at radius 2 is 1.16 bits per heavy atom. The summed E-state index contributed by atoms with van der Waals surface area (Å²) < 4.78 is 41.9. The van der Waals surface area contributed by atoms with E-state index in [1.165, 1.54) is 140 Å². The molecule has 0 amide bonds. The van der Waals surface area contributed by atoms with Crippen LogP contribution >= 0.6 is 11.3 Å². The number of thiophene rings is 1. The maximum Gasteiger partial charge on any atom is 0.347 e. The SMILES string of the molecule is CCCCCCCCCCCCC(CCCCCCCCCC)Cc1csc(OC(=O)c2c(F)cc(C(=O)OCCCC)c(F)c2CCCC)c1. The summed E-state index contributed by atoms with van der Waals surface area (Å²) in [5.74, 6) is -3.14. The molecule has 0 saturated carbocycles. The molecule has 0 spiro atoms. The standard InChI is InChI=1S/C44H70F2O4S/c1-5-9-13-15-17-19-20-22-24-26-28-35(27-25-23-21-18-16-14-10-6-2)31-36-32-40(51-34-36)50-44(48)41-37(29-11-7-3)42(46)38(33-39(41)45)43(47)49-30-12-8-4/h32-35H,5-31H2,1-4H3. The molecule has 51 heavy (non-hydrogen) atoms. The van der Waals surface area contributed by atoms with Gasteiger partial charge in [0.15, 0.2) is 5.06 Å². The van der Waals surface area contributed by atoms with Crippen molar-refractivity contribution in [3.05, 3.63) is 51.4 Å². The van der Waals surface area contributed by atoms with Crippen LogP contribution in [-0.4, -0.2) is 18.5 Å². The van der Waals surface area contributed by atoms with E-state index in [4.69, 9.17) is 9.47 Å². The first-order valence-corrected chi connectivity index (χ1v) is 21.7. The summed E-state index contributed by atoms with van der Waals surface area (Å²) in [6.45, 7) is 8.53. The monoisotopic (exact) mass is 732 g/mol. The average molecular weight is 733 g/mol. The third kappa shape index (κ3) is 18.4. The van der Waals surface area contributed by atoms with E-state index in [1.54, 1.807) is 0 Å². The highest BCUT2D eigenvalue weighted by atomic mass is 32.1. The summed E-state index contributed by atoms with van der Waals surface area (Å²) >= 11 is 1.32. The Morgan fingerprint density at radius 3 is 1.69 bits per heavy atom. The second kappa shape index (κ2) is 28.3. The molecule has 0 radical (unpaired) electrons. The minimum atomic E-state index is -0.964. The average Bonchev–Trinajstić information content (AvgIpc) is 3.56. The Morgan fingerprint density at radius 1 is 0.647 bits per heavy atom. The number of halogens is 2. The van der Waals surface area contributed by atoms with E-state index in [9.17, 15) is 9.59 Å². The van der Waals surface area contributed by atoms with Gasteiger partial charge in [-0.05, 0) is 54.7 Å². The van der Waals surface area contributed by atoms with Crippen LogP contribution in [0, 0.1) is 17.6 Å². The molecule has 0 fully saturated rings. The fourth-order valence-corrected chi connectivity index (χ4v) is 7.62. The number of esters is 2. The first-order chi connectivity index (χ1) is 24.9. The maximum atomic E-state index is 15.6. The smallest absolute Gasteiger partial charge is 0.347 e. The van der Waals surface area contributed by atoms with Crippen molar-refractivity contribution in [3.8, 4) is 5.06 Å². The van der Waals surface area contributed by atoms with Gasteiger partial charge in [-0.2, -0.15) is 0 Å². The van der Waals surface area contributed by atoms with Gasteiger partial charge in [0.05, 0.1) is 12.2 Å². The molecule has 7 heteroatoms. The molecular formula is C44H70F2O4S. The van der Waals surface area contributed by atoms with Crippen molar-refractivity contribution in [2.24, 2.45) is 5.92 Å². The van der Waals surface area contributed by atoms with Gasteiger partial charge in [-0.15, -0.1) is 11.3 Å². The van der Waals surface area contributed by atoms with Gasteiger partial charge in [-0.25, -0.2) is 18.4 Å². The first-order valence-electron chi connectivity index (χ1n) is 20.8. The number of carbonyl (C=O) groups is 2. The molecule has 2 rings (SSSR count). The lowest BCUT2D eigenvalue weighted by Gasteiger charge is -2.16. The van der Waals surface area contributed by atoms with Crippen LogP contribution < -0.4 is 4.74 Å². The summed E-state index contributed by atoms with van der Waals surface area (Å²) in [5, 5.41) is 2.41. The summed E-state index contributed by atoms with van der Waals surface area (Å²) in [5.41, 5.74) is 0.0922. The van der Waals surface area contributed by atoms with E-state index in [2.05, 4.69) is 13.8 Å². The number of unbranched alkanes of at least 4 members (excludes halogenated alkanes) is 18. The van der Waals surface area contributed by atoms with Crippen molar-refractivity contribution in [3.63, 3.8) is 0 Å². The van der Waals surface area contributed by atoms with Gasteiger partial charge >= 0.3 is 11.9 Å². The number of ether oxygens (including phenoxy) is 2. The molecule has 1 aromatic carbocycles. The highest BCUT2D eigenvalue weighted by Crippen LogP contribution is 2.31. The summed E-state index contributed by atoms with van der Waals surface area (Å²) in [6.07, 6.45) is 30.0. The van der Waals surface area contributed by atoms with E-state index >= 15 is 8.78 Å². The number of hydrogen-bond acceptors (Lipinski definition) is 5. The molecule has 290 valence electrons. The largest absolute Gasteiger partial charge is 0.462 e. The predicted molar refractivity (Wildman–Crippen MR) is 210 cm³/mol. The quantitative estimate of drug-likeness (QED) is 0.0572. The zero-order chi connectivity index (χ0) is 37.1. The molecule has 0 bridgehead atoms. The van der Waals surface area contributed by atoms with Crippen LogP contribution in [0.15, 0.2) is 17.5 Å². The number of rotatable bonds is 31. The lowest BCUT2D eigenvalue weighted by atomic mass is 9.89. The van der Waals surface area contributed by atoms with Gasteiger partial charge in [0.25, 0.3) is 0 Å². The molecule has 1 aromatic heterocycles. The van der Waals surface area contributed by atoms with Crippen LogP contribution in [0.1, 0.15) is 214 Å². The molecule has 1 unspecified atom stereocenters. The van der Waals surface area contributed by atoms with Crippen LogP contribution in [0.3, 0.4) is 0 Å². The van der Waals surface area contributed by atoms with Gasteiger partial charge in [0, 0.05) is 5.56 Å². The zero-order valence-corrected chi connectivity index (χ0v) is 33.5. The Kier molecular flexibility index (Phi) is 24.9. The van der Waals surface area contributed by atoms with E-state index in [0.29, 0.717) is 30.2 Å². The molecule has 0 aliphatic rings. The number of benzene rings is 1. The zero-order valence-electron chi connectivity index (χ0n) is 32.7. The minimum absolute atomic E-state index is 0.120. The van der Waals surface area contributed by atoms with Crippen molar-refractivity contribution in [2.45, 2.75) is 195 Å². The molecule has 2 aromatic rings. The fraction of sp³-hybridized carbons (Fsp3) is 0.727. The highest BCUT2D eigenvalue weighted by molar-refractivity contribution is 7.12. The third-order valence-electron chi connectivity index (χ3n) is 10.0. The first kappa shape index (κ1) is 44.9. The van der Waals surface area contributed by atoms with Crippen LogP contribution in [0.4, 0.5) is 8.78 Å². The summed E-state index contributed by atoms with van der Waals surface area (Å²) in [6, 6.07) is 2.67. The maximum absolute atomic E-state index is 15.6. The number of hydrogen-bond donors (Lipinski definition) is 0. The van der Waals surface area contributed by atoms with Crippen LogP contribution in [0.2, 0.25) is 0 Å². The third-order valence-corrected chi connectivity index (χ3v) is 10.9. The molecule has 0 aliphatic carbocycles. The van der Waals surface area contributed by atoms with Crippen molar-refractivity contribution < 1.29 is 27.8 Å². The lowest BCUT2D eigenvalue weighted by molar-refractivity contribution is 0.0492. The van der Waals surface area contributed by atoms with Crippen LogP contribution in [0.25, 0.3) is 0 Å². The summed E-state index contributed by atoms with van der Waals surface area (Å²) in [4.78, 5) is 25.9. The Bertz CT molecular complexity index is 1230. The second-order valence-corrected chi connectivity index (χ2v) is 15.5. The van der Waals surface area contributed by atoms with E-state index in [-0.39, 0.29) is 18.6 Å². The van der Waals surface area contributed by atoms with Gasteiger partial charge in [-0.3, -0.25) is 0 Å². The van der Waals surface area contributed by atoms with Crippen molar-refractivity contribution in [1.82, 2.24) is 0 Å². The van der Waals surface area contributed by atoms with Crippen molar-refractivity contribution in [1.29, 1.82) is 0 Å². The number of carbonyl (C=O) groups excluding carboxylic acids is 2. The Hall–Kier alpha value is -2.28.